The zero-order chi connectivity index (χ0) is 22.1. The van der Waals surface area contributed by atoms with Crippen molar-refractivity contribution in [2.24, 2.45) is 0 Å². The number of aryl methyl sites for hydroxylation is 2. The highest BCUT2D eigenvalue weighted by Gasteiger charge is 2.30. The highest BCUT2D eigenvalue weighted by molar-refractivity contribution is 9.10. The summed E-state index contributed by atoms with van der Waals surface area (Å²) < 4.78 is 46.2. The molecule has 2 N–H and O–H groups in total. The van der Waals surface area contributed by atoms with Gasteiger partial charge in [0.25, 0.3) is 0 Å². The van der Waals surface area contributed by atoms with E-state index in [1.165, 1.54) is 36.5 Å². The van der Waals surface area contributed by atoms with Crippen LogP contribution >= 0.6 is 15.9 Å². The maximum atomic E-state index is 12.5. The summed E-state index contributed by atoms with van der Waals surface area (Å²) in [7, 11) is 0. The SMILES string of the molecule is Cc1[nH]c(C)c(-c2c[nH]c(OCc3ccc(OC(F)(F)F)cc3)cc2=O)c(=O)c1Br. The average molecular weight is 485 g/mol. The molecule has 2 heterocycles. The molecule has 0 aliphatic heterocycles. The lowest BCUT2D eigenvalue weighted by Crippen LogP contribution is -2.17. The van der Waals surface area contributed by atoms with Gasteiger partial charge in [-0.1, -0.05) is 12.1 Å². The van der Waals surface area contributed by atoms with Gasteiger partial charge in [0, 0.05) is 23.7 Å². The number of benzene rings is 1. The van der Waals surface area contributed by atoms with Gasteiger partial charge in [-0.3, -0.25) is 9.59 Å². The number of aromatic amines is 2. The van der Waals surface area contributed by atoms with E-state index in [9.17, 15) is 22.8 Å². The van der Waals surface area contributed by atoms with Crippen LogP contribution in [0.5, 0.6) is 11.6 Å². The highest BCUT2D eigenvalue weighted by Crippen LogP contribution is 2.23. The van der Waals surface area contributed by atoms with E-state index in [4.69, 9.17) is 4.74 Å². The number of ether oxygens (including phenoxy) is 2. The molecule has 0 radical (unpaired) electrons. The lowest BCUT2D eigenvalue weighted by molar-refractivity contribution is -0.274. The second kappa shape index (κ2) is 8.39. The van der Waals surface area contributed by atoms with Crippen molar-refractivity contribution in [3.63, 3.8) is 0 Å². The summed E-state index contributed by atoms with van der Waals surface area (Å²) in [5, 5.41) is 0. The lowest BCUT2D eigenvalue weighted by atomic mass is 10.1. The van der Waals surface area contributed by atoms with Crippen molar-refractivity contribution in [1.29, 1.82) is 0 Å². The molecule has 158 valence electrons. The molecule has 0 saturated heterocycles. The Balaban J connectivity index is 1.76. The van der Waals surface area contributed by atoms with Gasteiger partial charge in [-0.25, -0.2) is 0 Å². The van der Waals surface area contributed by atoms with Gasteiger partial charge in [0.05, 0.1) is 15.6 Å². The third kappa shape index (κ3) is 4.93. The maximum Gasteiger partial charge on any atom is 0.573 e. The molecule has 0 bridgehead atoms. The summed E-state index contributed by atoms with van der Waals surface area (Å²) in [6.07, 6.45) is -3.37. The Labute approximate surface area is 176 Å². The molecule has 0 atom stereocenters. The predicted octanol–water partition coefficient (Wildman–Crippen LogP) is 4.59. The molecule has 0 aliphatic carbocycles. The minimum Gasteiger partial charge on any atom is -0.474 e. The molecule has 2 aromatic heterocycles. The Morgan fingerprint density at radius 2 is 1.73 bits per heavy atom. The zero-order valence-electron chi connectivity index (χ0n) is 15.8. The Kier molecular flexibility index (Phi) is 6.06. The first-order valence-corrected chi connectivity index (χ1v) is 9.44. The second-order valence-corrected chi connectivity index (χ2v) is 7.24. The lowest BCUT2D eigenvalue weighted by Gasteiger charge is -2.11. The highest BCUT2D eigenvalue weighted by atomic mass is 79.9. The van der Waals surface area contributed by atoms with Gasteiger partial charge < -0.3 is 19.4 Å². The van der Waals surface area contributed by atoms with E-state index in [0.717, 1.165) is 0 Å². The number of pyridine rings is 2. The van der Waals surface area contributed by atoms with Gasteiger partial charge in [0.2, 0.25) is 5.43 Å². The number of hydrogen-bond acceptors (Lipinski definition) is 4. The van der Waals surface area contributed by atoms with Crippen molar-refractivity contribution in [2.75, 3.05) is 0 Å². The summed E-state index contributed by atoms with van der Waals surface area (Å²) in [4.78, 5) is 30.9. The van der Waals surface area contributed by atoms with Crippen LogP contribution in [0.4, 0.5) is 13.2 Å². The van der Waals surface area contributed by atoms with Crippen LogP contribution in [0.15, 0.2) is 50.6 Å². The molecule has 1 aromatic carbocycles. The molecule has 0 aliphatic rings. The van der Waals surface area contributed by atoms with Gasteiger partial charge in [-0.2, -0.15) is 0 Å². The summed E-state index contributed by atoms with van der Waals surface area (Å²) >= 11 is 3.22. The van der Waals surface area contributed by atoms with E-state index < -0.39 is 11.8 Å². The van der Waals surface area contributed by atoms with Crippen LogP contribution in [-0.4, -0.2) is 16.3 Å². The van der Waals surface area contributed by atoms with Crippen LogP contribution in [0, 0.1) is 13.8 Å². The fraction of sp³-hybridized carbons (Fsp3) is 0.200. The molecule has 0 spiro atoms. The fourth-order valence-corrected chi connectivity index (χ4v) is 3.15. The van der Waals surface area contributed by atoms with Crippen molar-refractivity contribution >= 4 is 15.9 Å². The molecule has 3 rings (SSSR count). The molecule has 6 nitrogen and oxygen atoms in total. The van der Waals surface area contributed by atoms with Gasteiger partial charge in [0.15, 0.2) is 11.3 Å². The van der Waals surface area contributed by atoms with Crippen LogP contribution in [-0.2, 0) is 6.61 Å². The monoisotopic (exact) mass is 484 g/mol. The van der Waals surface area contributed by atoms with E-state index >= 15 is 0 Å². The molecule has 0 amide bonds. The smallest absolute Gasteiger partial charge is 0.474 e. The van der Waals surface area contributed by atoms with Gasteiger partial charge in [0.1, 0.15) is 12.4 Å². The Morgan fingerprint density at radius 3 is 2.33 bits per heavy atom. The van der Waals surface area contributed by atoms with E-state index in [1.807, 2.05) is 0 Å². The minimum atomic E-state index is -4.76. The molecule has 0 unspecified atom stereocenters. The quantitative estimate of drug-likeness (QED) is 0.554. The number of aromatic nitrogens is 2. The van der Waals surface area contributed by atoms with Gasteiger partial charge >= 0.3 is 6.36 Å². The molecular formula is C20H16BrF3N2O4. The van der Waals surface area contributed by atoms with Crippen molar-refractivity contribution in [3.05, 3.63) is 78.4 Å². The summed E-state index contributed by atoms with van der Waals surface area (Å²) in [5.74, 6) is -0.187. The van der Waals surface area contributed by atoms with Crippen molar-refractivity contribution < 1.29 is 22.6 Å². The molecule has 30 heavy (non-hydrogen) atoms. The number of H-pyrrole nitrogens is 2. The third-order valence-electron chi connectivity index (χ3n) is 4.21. The van der Waals surface area contributed by atoms with Gasteiger partial charge in [-0.15, -0.1) is 13.2 Å². The van der Waals surface area contributed by atoms with Crippen LogP contribution < -0.4 is 20.3 Å². The van der Waals surface area contributed by atoms with Crippen molar-refractivity contribution in [1.82, 2.24) is 9.97 Å². The van der Waals surface area contributed by atoms with Crippen molar-refractivity contribution in [2.45, 2.75) is 26.8 Å². The third-order valence-corrected chi connectivity index (χ3v) is 5.17. The van der Waals surface area contributed by atoms with Crippen molar-refractivity contribution in [3.8, 4) is 22.8 Å². The maximum absolute atomic E-state index is 12.5. The van der Waals surface area contributed by atoms with E-state index in [-0.39, 0.29) is 34.8 Å². The molecule has 3 aromatic rings. The summed E-state index contributed by atoms with van der Waals surface area (Å²) in [5.41, 5.74) is 1.51. The number of nitrogens with one attached hydrogen (secondary N) is 2. The van der Waals surface area contributed by atoms with Crippen LogP contribution in [0.2, 0.25) is 0 Å². The van der Waals surface area contributed by atoms with Crippen LogP contribution in [0.3, 0.4) is 0 Å². The normalized spacial score (nSPS) is 11.4. The van der Waals surface area contributed by atoms with E-state index in [1.54, 1.807) is 13.8 Å². The Hall–Kier alpha value is -3.01. The minimum absolute atomic E-state index is 0.0112. The zero-order valence-corrected chi connectivity index (χ0v) is 17.4. The summed E-state index contributed by atoms with van der Waals surface area (Å²) in [6.45, 7) is 3.45. The van der Waals surface area contributed by atoms with Gasteiger partial charge in [-0.05, 0) is 47.5 Å². The number of hydrogen-bond donors (Lipinski definition) is 2. The average Bonchev–Trinajstić information content (AvgIpc) is 2.66. The topological polar surface area (TPSA) is 84.2 Å². The van der Waals surface area contributed by atoms with E-state index in [0.29, 0.717) is 21.4 Å². The molecule has 10 heteroatoms. The number of halogens is 4. The van der Waals surface area contributed by atoms with Crippen LogP contribution in [0.1, 0.15) is 17.0 Å². The molecular weight excluding hydrogens is 469 g/mol. The number of alkyl halides is 3. The second-order valence-electron chi connectivity index (χ2n) is 6.45. The first-order chi connectivity index (χ1) is 14.0. The largest absolute Gasteiger partial charge is 0.573 e. The Bertz CT molecular complexity index is 1180. The standard InChI is InChI=1S/C20H16BrF3N2O4/c1-10-17(19(28)18(21)11(2)26-10)14-8-25-16(7-15(14)27)29-9-12-3-5-13(6-4-12)30-20(22,23)24/h3-8H,9H2,1-2H3,(H,25,27)(H,26,28). The van der Waals surface area contributed by atoms with E-state index in [2.05, 4.69) is 30.6 Å². The Morgan fingerprint density at radius 1 is 1.07 bits per heavy atom. The fourth-order valence-electron chi connectivity index (χ4n) is 2.85. The first-order valence-electron chi connectivity index (χ1n) is 8.64. The summed E-state index contributed by atoms with van der Waals surface area (Å²) in [6, 6.07) is 6.38. The first kappa shape index (κ1) is 21.7. The molecule has 0 saturated carbocycles. The number of rotatable bonds is 5. The van der Waals surface area contributed by atoms with Crippen LogP contribution in [0.25, 0.3) is 11.1 Å². The molecule has 0 fully saturated rings. The predicted molar refractivity (Wildman–Crippen MR) is 108 cm³/mol.